The summed E-state index contributed by atoms with van der Waals surface area (Å²) in [4.78, 5) is 25.9. The Kier molecular flexibility index (Phi) is 9.72. The van der Waals surface area contributed by atoms with Gasteiger partial charge in [0.1, 0.15) is 6.54 Å². The highest BCUT2D eigenvalue weighted by molar-refractivity contribution is 7.92. The molecule has 202 valence electrons. The summed E-state index contributed by atoms with van der Waals surface area (Å²) in [7, 11) is -1.23. The van der Waals surface area contributed by atoms with Crippen LogP contribution in [-0.4, -0.2) is 47.5 Å². The number of rotatable bonds is 12. The van der Waals surface area contributed by atoms with Crippen molar-refractivity contribution in [3.05, 3.63) is 77.9 Å². The number of hydrogen-bond acceptors (Lipinski definition) is 6. The summed E-state index contributed by atoms with van der Waals surface area (Å²) in [5.74, 6) is -0.220. The van der Waals surface area contributed by atoms with Gasteiger partial charge in [0.2, 0.25) is 5.91 Å². The standard InChI is InChI=1S/C28H33N3O6S/c1-5-6-17-29-28(33)23-9-7-8-10-24(23)30-27(32)19-31(21-13-16-25(36-3)26(18-21)37-4)38(34,35)22-14-11-20(2)12-15-22/h7-16,18H,5-6,17,19H2,1-4H3,(H,29,33)(H,30,32). The molecule has 0 spiro atoms. The highest BCUT2D eigenvalue weighted by Gasteiger charge is 2.28. The van der Waals surface area contributed by atoms with E-state index in [0.717, 1.165) is 22.7 Å². The van der Waals surface area contributed by atoms with Gasteiger partial charge < -0.3 is 20.1 Å². The average molecular weight is 540 g/mol. The number of methoxy groups -OCH3 is 2. The zero-order valence-electron chi connectivity index (χ0n) is 22.0. The molecule has 3 rings (SSSR count). The maximum atomic E-state index is 13.7. The molecule has 0 unspecified atom stereocenters. The molecular formula is C28H33N3O6S. The summed E-state index contributed by atoms with van der Waals surface area (Å²) in [5.41, 5.74) is 1.68. The van der Waals surface area contributed by atoms with Crippen molar-refractivity contribution in [1.29, 1.82) is 0 Å². The Hall–Kier alpha value is -4.05. The number of ether oxygens (including phenoxy) is 2. The molecule has 0 fully saturated rings. The molecule has 0 saturated heterocycles. The largest absolute Gasteiger partial charge is 0.493 e. The quantitative estimate of drug-likeness (QED) is 0.330. The van der Waals surface area contributed by atoms with E-state index < -0.39 is 22.5 Å². The number of anilines is 2. The van der Waals surface area contributed by atoms with E-state index in [9.17, 15) is 18.0 Å². The molecule has 0 bridgehead atoms. The first-order chi connectivity index (χ1) is 18.2. The fraction of sp³-hybridized carbons (Fsp3) is 0.286. The fourth-order valence-corrected chi connectivity index (χ4v) is 5.13. The lowest BCUT2D eigenvalue weighted by molar-refractivity contribution is -0.114. The average Bonchev–Trinajstić information content (AvgIpc) is 2.92. The second kappa shape index (κ2) is 13.0. The lowest BCUT2D eigenvalue weighted by atomic mass is 10.1. The summed E-state index contributed by atoms with van der Waals surface area (Å²) >= 11 is 0. The van der Waals surface area contributed by atoms with Crippen molar-refractivity contribution >= 4 is 33.2 Å². The van der Waals surface area contributed by atoms with Crippen LogP contribution in [0.1, 0.15) is 35.7 Å². The van der Waals surface area contributed by atoms with Gasteiger partial charge in [-0.2, -0.15) is 0 Å². The first-order valence-electron chi connectivity index (χ1n) is 12.2. The van der Waals surface area contributed by atoms with Crippen LogP contribution in [0.4, 0.5) is 11.4 Å². The Bertz CT molecular complexity index is 1370. The van der Waals surface area contributed by atoms with E-state index in [-0.39, 0.29) is 27.7 Å². The topological polar surface area (TPSA) is 114 Å². The SMILES string of the molecule is CCCCNC(=O)c1ccccc1NC(=O)CN(c1ccc(OC)c(OC)c1)S(=O)(=O)c1ccc(C)cc1. The van der Waals surface area contributed by atoms with Crippen LogP contribution in [0.25, 0.3) is 0 Å². The smallest absolute Gasteiger partial charge is 0.264 e. The molecule has 3 aromatic carbocycles. The summed E-state index contributed by atoms with van der Waals surface area (Å²) in [6.45, 7) is 3.85. The Morgan fingerprint density at radius 3 is 2.26 bits per heavy atom. The number of carbonyl (C=O) groups excluding carboxylic acids is 2. The normalized spacial score (nSPS) is 10.9. The van der Waals surface area contributed by atoms with E-state index in [1.807, 2.05) is 13.8 Å². The monoisotopic (exact) mass is 539 g/mol. The maximum absolute atomic E-state index is 13.7. The molecule has 3 aromatic rings. The molecule has 2 amide bonds. The van der Waals surface area contributed by atoms with Gasteiger partial charge in [0, 0.05) is 12.6 Å². The molecule has 9 nitrogen and oxygen atoms in total. The lowest BCUT2D eigenvalue weighted by Gasteiger charge is -2.25. The molecule has 0 atom stereocenters. The van der Waals surface area contributed by atoms with E-state index in [1.165, 1.54) is 38.5 Å². The molecule has 38 heavy (non-hydrogen) atoms. The number of unbranched alkanes of at least 4 members (excludes halogenated alkanes) is 1. The third kappa shape index (κ3) is 6.83. The Morgan fingerprint density at radius 1 is 0.921 bits per heavy atom. The number of aryl methyl sites for hydroxylation is 1. The predicted molar refractivity (Wildman–Crippen MR) is 148 cm³/mol. The molecule has 2 N–H and O–H groups in total. The van der Waals surface area contributed by atoms with Gasteiger partial charge >= 0.3 is 0 Å². The van der Waals surface area contributed by atoms with Gasteiger partial charge in [0.15, 0.2) is 11.5 Å². The fourth-order valence-electron chi connectivity index (χ4n) is 3.72. The Labute approximate surface area is 223 Å². The number of para-hydroxylation sites is 1. The van der Waals surface area contributed by atoms with Gasteiger partial charge in [-0.25, -0.2) is 8.42 Å². The number of benzene rings is 3. The lowest BCUT2D eigenvalue weighted by Crippen LogP contribution is -2.38. The third-order valence-corrected chi connectivity index (χ3v) is 7.60. The summed E-state index contributed by atoms with van der Waals surface area (Å²) in [6.07, 6.45) is 1.76. The number of amides is 2. The second-order valence-electron chi connectivity index (χ2n) is 8.57. The Balaban J connectivity index is 1.95. The molecule has 0 saturated carbocycles. The van der Waals surface area contributed by atoms with Gasteiger partial charge in [-0.05, 0) is 49.7 Å². The number of nitrogens with one attached hydrogen (secondary N) is 2. The van der Waals surface area contributed by atoms with Crippen molar-refractivity contribution in [2.75, 3.05) is 36.9 Å². The van der Waals surface area contributed by atoms with Crippen molar-refractivity contribution in [2.45, 2.75) is 31.6 Å². The number of hydrogen-bond donors (Lipinski definition) is 2. The van der Waals surface area contributed by atoms with E-state index in [2.05, 4.69) is 10.6 Å². The van der Waals surface area contributed by atoms with Gasteiger partial charge in [-0.1, -0.05) is 43.2 Å². The number of sulfonamides is 1. The van der Waals surface area contributed by atoms with Crippen LogP contribution in [0.2, 0.25) is 0 Å². The zero-order valence-corrected chi connectivity index (χ0v) is 22.8. The van der Waals surface area contributed by atoms with Crippen LogP contribution in [0.3, 0.4) is 0 Å². The third-order valence-electron chi connectivity index (χ3n) is 5.81. The highest BCUT2D eigenvalue weighted by Crippen LogP contribution is 2.34. The molecule has 0 aliphatic carbocycles. The van der Waals surface area contributed by atoms with Crippen LogP contribution in [-0.2, 0) is 14.8 Å². The highest BCUT2D eigenvalue weighted by atomic mass is 32.2. The molecule has 0 aromatic heterocycles. The van der Waals surface area contributed by atoms with E-state index >= 15 is 0 Å². The van der Waals surface area contributed by atoms with Crippen molar-refractivity contribution < 1.29 is 27.5 Å². The molecule has 0 heterocycles. The van der Waals surface area contributed by atoms with Gasteiger partial charge in [-0.15, -0.1) is 0 Å². The van der Waals surface area contributed by atoms with Crippen LogP contribution >= 0.6 is 0 Å². The van der Waals surface area contributed by atoms with Gasteiger partial charge in [0.25, 0.3) is 15.9 Å². The van der Waals surface area contributed by atoms with E-state index in [1.54, 1.807) is 42.5 Å². The van der Waals surface area contributed by atoms with Crippen molar-refractivity contribution in [3.8, 4) is 11.5 Å². The molecule has 0 aliphatic rings. The molecule has 0 radical (unpaired) electrons. The number of nitrogens with zero attached hydrogens (tertiary/aromatic N) is 1. The minimum Gasteiger partial charge on any atom is -0.493 e. The van der Waals surface area contributed by atoms with E-state index in [4.69, 9.17) is 9.47 Å². The minimum atomic E-state index is -4.15. The first-order valence-corrected chi connectivity index (χ1v) is 13.6. The molecular weight excluding hydrogens is 506 g/mol. The van der Waals surface area contributed by atoms with Crippen LogP contribution in [0.5, 0.6) is 11.5 Å². The summed E-state index contributed by atoms with van der Waals surface area (Å²) in [5, 5.41) is 5.54. The van der Waals surface area contributed by atoms with Crippen LogP contribution in [0.15, 0.2) is 71.6 Å². The van der Waals surface area contributed by atoms with Crippen molar-refractivity contribution in [3.63, 3.8) is 0 Å². The number of carbonyl (C=O) groups is 2. The molecule has 10 heteroatoms. The van der Waals surface area contributed by atoms with Crippen LogP contribution < -0.4 is 24.4 Å². The van der Waals surface area contributed by atoms with Crippen molar-refractivity contribution in [2.24, 2.45) is 0 Å². The zero-order chi connectivity index (χ0) is 27.7. The maximum Gasteiger partial charge on any atom is 0.264 e. The predicted octanol–water partition coefficient (Wildman–Crippen LogP) is 4.38. The Morgan fingerprint density at radius 2 is 1.61 bits per heavy atom. The van der Waals surface area contributed by atoms with Gasteiger partial charge in [-0.3, -0.25) is 13.9 Å². The minimum absolute atomic E-state index is 0.0291. The second-order valence-corrected chi connectivity index (χ2v) is 10.4. The first kappa shape index (κ1) is 28.5. The van der Waals surface area contributed by atoms with Crippen LogP contribution in [0, 0.1) is 6.92 Å². The van der Waals surface area contributed by atoms with E-state index in [0.29, 0.717) is 18.0 Å². The molecule has 0 aliphatic heterocycles. The summed E-state index contributed by atoms with van der Waals surface area (Å²) < 4.78 is 39.1. The summed E-state index contributed by atoms with van der Waals surface area (Å²) in [6, 6.07) is 17.5. The van der Waals surface area contributed by atoms with Crippen molar-refractivity contribution in [1.82, 2.24) is 5.32 Å². The van der Waals surface area contributed by atoms with Gasteiger partial charge in [0.05, 0.1) is 36.1 Å².